The maximum Gasteiger partial charge on any atom is 0.397 e. The number of nitrogens with two attached hydrogens (primary N) is 1. The number of fused-ring (bicyclic) bond motifs is 1. The van der Waals surface area contributed by atoms with E-state index >= 15 is 0 Å². The summed E-state index contributed by atoms with van der Waals surface area (Å²) in [4.78, 5) is 19.7. The molecule has 12 N–H and O–H groups in total. The average molecular weight is 1340 g/mol. The molecule has 2 heterocycles. The molecule has 0 radical (unpaired) electrons. The lowest BCUT2D eigenvalue weighted by Gasteiger charge is -2.14. The van der Waals surface area contributed by atoms with Crippen LogP contribution in [0.2, 0.25) is 10.6 Å². The fourth-order valence-electron chi connectivity index (χ4n) is 7.54. The summed E-state index contributed by atoms with van der Waals surface area (Å²) in [6.07, 6.45) is 0.621. The highest BCUT2D eigenvalue weighted by molar-refractivity contribution is 7.91. The fraction of sp³-hybridized carbons (Fsp3) is 0.0909. The Morgan fingerprint density at radius 1 is 0.523 bits per heavy atom. The molecule has 0 fully saturated rings. The van der Waals surface area contributed by atoms with Gasteiger partial charge in [0.15, 0.2) is 15.6 Å². The smallest absolute Gasteiger partial charge is 0.397 e. The molecule has 34 nitrogen and oxygen atoms in total. The maximum absolute atomic E-state index is 12.9. The van der Waals surface area contributed by atoms with E-state index in [1.165, 1.54) is 12.1 Å². The Morgan fingerprint density at radius 3 is 1.44 bits per heavy atom. The molecule has 0 aliphatic carbocycles. The van der Waals surface area contributed by atoms with Crippen molar-refractivity contribution in [3.63, 3.8) is 0 Å². The van der Waals surface area contributed by atoms with Crippen LogP contribution in [0, 0.1) is 0 Å². The summed E-state index contributed by atoms with van der Waals surface area (Å²) >= 11 is 12.3. The van der Waals surface area contributed by atoms with E-state index in [4.69, 9.17) is 33.5 Å². The number of phenols is 1. The number of rotatable bonds is 22. The van der Waals surface area contributed by atoms with Crippen LogP contribution in [0.5, 0.6) is 5.75 Å². The molecule has 42 heteroatoms. The number of nitrogen functional groups attached to an aromatic ring is 1. The number of hydrogen-bond acceptors (Lipinski definition) is 29. The van der Waals surface area contributed by atoms with E-state index in [9.17, 15) is 73.8 Å². The average Bonchev–Trinajstić information content (AvgIpc) is 1.01. The van der Waals surface area contributed by atoms with Crippen molar-refractivity contribution in [1.29, 1.82) is 0 Å². The van der Waals surface area contributed by atoms with Gasteiger partial charge in [0.25, 0.3) is 40.5 Å². The van der Waals surface area contributed by atoms with Crippen molar-refractivity contribution in [2.24, 2.45) is 20.5 Å². The van der Waals surface area contributed by atoms with E-state index in [1.807, 2.05) is 19.1 Å². The molecule has 0 aliphatic heterocycles. The summed E-state index contributed by atoms with van der Waals surface area (Å²) in [7, 11) is -30.2. The Morgan fingerprint density at radius 2 is 0.977 bits per heavy atom. The summed E-state index contributed by atoms with van der Waals surface area (Å²) in [6, 6.07) is 18.3. The van der Waals surface area contributed by atoms with Crippen LogP contribution >= 0.6 is 23.2 Å². The van der Waals surface area contributed by atoms with E-state index in [2.05, 4.69) is 75.8 Å². The number of anilines is 9. The molecule has 0 spiro atoms. The van der Waals surface area contributed by atoms with Gasteiger partial charge in [-0.25, -0.2) is 12.6 Å². The van der Waals surface area contributed by atoms with E-state index < -0.39 is 149 Å². The monoisotopic (exact) mass is 1340 g/mol. The van der Waals surface area contributed by atoms with Gasteiger partial charge in [0.1, 0.15) is 21.2 Å². The summed E-state index contributed by atoms with van der Waals surface area (Å²) in [6.45, 7) is 1.03. The minimum Gasteiger partial charge on any atom is -0.505 e. The summed E-state index contributed by atoms with van der Waals surface area (Å²) in [5.41, 5.74) is 3.39. The minimum atomic E-state index is -5.50. The Kier molecular flexibility index (Phi) is 18.2. The molecule has 0 amide bonds. The highest BCUT2D eigenvalue weighted by atomic mass is 35.5. The Balaban J connectivity index is 1.14. The lowest BCUT2D eigenvalue weighted by molar-refractivity contribution is 0.284. The number of nitrogens with one attached hydrogen (secondary N) is 4. The minimum absolute atomic E-state index is 0.0572. The third-order valence-electron chi connectivity index (χ3n) is 11.2. The molecule has 8 aromatic rings. The standard InChI is InChI=1S/C44H37Cl2N15O19S6/c1-2-21-5-3-4-6-31(21)51-44-55-40(46)54-43(57-44)50-25-16-27(20-30(18-25)83(68,69)70)59-61-37-33(85(74,75)76)14-22-13-32(84(71,72)73)36(35(47)34(22)38(37)62)60-58-26-15-24(17-29(19-26)82(65,66)67)49-42-53-39(45)52-41(56-42)48-23-7-9-28(10-8-23)81(63,64)12-11-80-86(77,78)79/h3-10,13-20,62H,2,11-12,47H2,1H3,(H,65,66,67)(H,68,69,70)(H,71,72,73)(H,74,75,76)(H,77,78,79)(H2,48,49,52,53,56)(H2,50,51,54,55,57). The number of sulfone groups is 1. The normalized spacial score (nSPS) is 12.7. The molecule has 8 rings (SSSR count). The van der Waals surface area contributed by atoms with Gasteiger partial charge < -0.3 is 32.1 Å². The molecule has 0 bridgehead atoms. The molecule has 0 atom stereocenters. The molecule has 0 saturated carbocycles. The van der Waals surface area contributed by atoms with Crippen LogP contribution in [0.15, 0.2) is 142 Å². The van der Waals surface area contributed by atoms with Gasteiger partial charge in [0.2, 0.25) is 34.4 Å². The van der Waals surface area contributed by atoms with Gasteiger partial charge in [-0.05, 0) is 119 Å². The Hall–Kier alpha value is -8.36. The predicted molar refractivity (Wildman–Crippen MR) is 305 cm³/mol. The first-order chi connectivity index (χ1) is 40.0. The second kappa shape index (κ2) is 24.6. The SMILES string of the molecule is CCc1ccccc1Nc1nc(Cl)nc(Nc2cc(N=Nc3c(S(=O)(=O)O)cc4cc(S(=O)(=O)O)c(N=Nc5cc(Nc6nc(Cl)nc(Nc7ccc(S(=O)(=O)CCOS(=O)(=O)O)cc7)n6)cc(S(=O)(=O)O)c5)c(N)c4c3O)cc(S(=O)(=O)O)c2)n1. The number of aryl methyl sites for hydroxylation is 1. The van der Waals surface area contributed by atoms with Crippen LogP contribution in [-0.2, 0) is 71.3 Å². The number of phenolic OH excluding ortho intramolecular Hbond substituents is 1. The van der Waals surface area contributed by atoms with Crippen molar-refractivity contribution >= 4 is 170 Å². The maximum atomic E-state index is 12.9. The Bertz CT molecular complexity index is 4850. The molecule has 0 aliphatic rings. The summed E-state index contributed by atoms with van der Waals surface area (Å²) in [5.74, 6) is -3.16. The number of nitrogens with zero attached hydrogens (tertiary/aromatic N) is 10. The number of aromatic hydroxyl groups is 1. The zero-order valence-corrected chi connectivity index (χ0v) is 49.0. The van der Waals surface area contributed by atoms with Crippen molar-refractivity contribution in [1.82, 2.24) is 29.9 Å². The van der Waals surface area contributed by atoms with Gasteiger partial charge in [-0.3, -0.25) is 22.8 Å². The van der Waals surface area contributed by atoms with Crippen LogP contribution in [0.25, 0.3) is 10.8 Å². The largest absolute Gasteiger partial charge is 0.505 e. The predicted octanol–water partition coefficient (Wildman–Crippen LogP) is 7.75. The van der Waals surface area contributed by atoms with Crippen LogP contribution in [0.1, 0.15) is 12.5 Å². The quantitative estimate of drug-likeness (QED) is 0.0175. The number of hydrogen-bond donors (Lipinski definition) is 11. The first-order valence-electron chi connectivity index (χ1n) is 23.1. The highest BCUT2D eigenvalue weighted by Crippen LogP contribution is 2.49. The topological polar surface area (TPSA) is 536 Å². The number of halogens is 2. The van der Waals surface area contributed by atoms with Crippen LogP contribution < -0.4 is 27.0 Å². The van der Waals surface area contributed by atoms with Crippen molar-refractivity contribution in [2.75, 3.05) is 39.4 Å². The highest BCUT2D eigenvalue weighted by Gasteiger charge is 2.29. The second-order valence-electron chi connectivity index (χ2n) is 17.1. The lowest BCUT2D eigenvalue weighted by Crippen LogP contribution is -2.15. The molecule has 2 aromatic heterocycles. The van der Waals surface area contributed by atoms with Gasteiger partial charge in [-0.1, -0.05) is 25.1 Å². The molecule has 0 saturated heterocycles. The van der Waals surface area contributed by atoms with Crippen LogP contribution in [0.4, 0.5) is 75.0 Å². The van der Waals surface area contributed by atoms with Gasteiger partial charge in [0, 0.05) is 22.7 Å². The number of para-hydroxylation sites is 1. The van der Waals surface area contributed by atoms with Crippen molar-refractivity contribution < 1.29 is 82.6 Å². The third-order valence-corrected chi connectivity index (χ3v) is 17.1. The first-order valence-corrected chi connectivity index (χ1v) is 32.7. The van der Waals surface area contributed by atoms with Gasteiger partial charge in [0.05, 0.1) is 49.5 Å². The summed E-state index contributed by atoms with van der Waals surface area (Å²) < 4.78 is 202. The number of azo groups is 2. The van der Waals surface area contributed by atoms with E-state index in [0.29, 0.717) is 30.3 Å². The zero-order valence-electron chi connectivity index (χ0n) is 42.6. The fourth-order valence-corrected chi connectivity index (χ4v) is 11.8. The molecule has 452 valence electrons. The Labute approximate surface area is 495 Å². The van der Waals surface area contributed by atoms with Gasteiger partial charge in [-0.2, -0.15) is 82.2 Å². The van der Waals surface area contributed by atoms with Crippen LogP contribution in [0.3, 0.4) is 0 Å². The molecule has 0 unspecified atom stereocenters. The van der Waals surface area contributed by atoms with E-state index in [1.54, 1.807) is 12.1 Å². The van der Waals surface area contributed by atoms with Crippen LogP contribution in [-0.4, -0.2) is 121 Å². The van der Waals surface area contributed by atoms with Crippen molar-refractivity contribution in [2.45, 2.75) is 37.8 Å². The molecule has 86 heavy (non-hydrogen) atoms. The lowest BCUT2D eigenvalue weighted by atomic mass is 10.1. The van der Waals surface area contributed by atoms with Crippen molar-refractivity contribution in [3.8, 4) is 5.75 Å². The third kappa shape index (κ3) is 15.9. The molecular weight excluding hydrogens is 1310 g/mol. The first kappa shape index (κ1) is 63.7. The van der Waals surface area contributed by atoms with E-state index in [0.717, 1.165) is 48.0 Å². The molecular formula is C44H37Cl2N15O19S6. The second-order valence-corrected chi connectivity index (χ2v) is 26.6. The van der Waals surface area contributed by atoms with Gasteiger partial charge in [-0.15, -0.1) is 10.2 Å². The molecule has 6 aromatic carbocycles. The number of benzene rings is 6. The zero-order chi connectivity index (χ0) is 62.9. The van der Waals surface area contributed by atoms with Gasteiger partial charge >= 0.3 is 10.4 Å². The number of aromatic nitrogens is 6. The van der Waals surface area contributed by atoms with E-state index in [-0.39, 0.29) is 45.1 Å². The van der Waals surface area contributed by atoms with Crippen molar-refractivity contribution in [3.05, 3.63) is 113 Å². The summed E-state index contributed by atoms with van der Waals surface area (Å²) in [5, 5.41) is 35.8.